The molecule has 3 atom stereocenters. The number of fused-ring (bicyclic) bond motifs is 2. The molecule has 1 saturated heterocycles. The summed E-state index contributed by atoms with van der Waals surface area (Å²) in [7, 11) is 1.86. The van der Waals surface area contributed by atoms with Crippen LogP contribution in [-0.4, -0.2) is 48.1 Å². The minimum atomic E-state index is 0. The SMILES string of the molecule is CN=C(NCCc1ccc(-n2cccn2)cc1)NC1C2CCOC2C12CCC2.I. The highest BCUT2D eigenvalue weighted by Crippen LogP contribution is 2.62. The number of aromatic nitrogens is 2. The molecule has 2 heterocycles. The standard InChI is InChI=1S/C22H29N5O.HI/c1-23-21(26-19-18-9-15-28-20(18)22(19)10-2-11-22)24-13-8-16-4-6-17(7-5-16)27-14-3-12-25-27;/h3-7,12,14,18-20H,2,8-11,13,15H2,1H3,(H2,23,24,26);1H. The van der Waals surface area contributed by atoms with Crippen LogP contribution >= 0.6 is 24.0 Å². The first-order valence-corrected chi connectivity index (χ1v) is 10.5. The van der Waals surface area contributed by atoms with Crippen molar-refractivity contribution in [2.24, 2.45) is 16.3 Å². The molecule has 2 saturated carbocycles. The Labute approximate surface area is 189 Å². The van der Waals surface area contributed by atoms with E-state index in [0.717, 1.165) is 31.2 Å². The highest BCUT2D eigenvalue weighted by atomic mass is 127. The lowest BCUT2D eigenvalue weighted by atomic mass is 9.46. The number of halogens is 1. The monoisotopic (exact) mass is 507 g/mol. The lowest BCUT2D eigenvalue weighted by Crippen LogP contribution is -2.72. The van der Waals surface area contributed by atoms with Crippen molar-refractivity contribution in [2.45, 2.75) is 44.2 Å². The van der Waals surface area contributed by atoms with Gasteiger partial charge in [0.1, 0.15) is 0 Å². The van der Waals surface area contributed by atoms with Crippen LogP contribution in [0.15, 0.2) is 47.7 Å². The van der Waals surface area contributed by atoms with E-state index in [2.05, 4.69) is 45.0 Å². The lowest BCUT2D eigenvalue weighted by Gasteiger charge is -2.63. The van der Waals surface area contributed by atoms with Crippen molar-refractivity contribution in [1.82, 2.24) is 20.4 Å². The van der Waals surface area contributed by atoms with Crippen LogP contribution in [-0.2, 0) is 11.2 Å². The maximum Gasteiger partial charge on any atom is 0.191 e. The summed E-state index contributed by atoms with van der Waals surface area (Å²) >= 11 is 0. The van der Waals surface area contributed by atoms with E-state index < -0.39 is 0 Å². The van der Waals surface area contributed by atoms with Crippen molar-refractivity contribution in [3.05, 3.63) is 48.3 Å². The van der Waals surface area contributed by atoms with Crippen LogP contribution in [0, 0.1) is 11.3 Å². The van der Waals surface area contributed by atoms with Gasteiger partial charge >= 0.3 is 0 Å². The van der Waals surface area contributed by atoms with Gasteiger partial charge < -0.3 is 15.4 Å². The molecule has 0 radical (unpaired) electrons. The number of benzene rings is 1. The molecule has 1 aromatic carbocycles. The Kier molecular flexibility index (Phi) is 6.15. The van der Waals surface area contributed by atoms with Gasteiger partial charge in [-0.25, -0.2) is 4.68 Å². The second-order valence-corrected chi connectivity index (χ2v) is 8.32. The molecule has 1 aromatic heterocycles. The van der Waals surface area contributed by atoms with Crippen molar-refractivity contribution in [3.63, 3.8) is 0 Å². The van der Waals surface area contributed by atoms with E-state index in [1.165, 1.54) is 31.2 Å². The Morgan fingerprint density at radius 2 is 2.14 bits per heavy atom. The van der Waals surface area contributed by atoms with Crippen molar-refractivity contribution < 1.29 is 4.74 Å². The van der Waals surface area contributed by atoms with E-state index in [-0.39, 0.29) is 24.0 Å². The summed E-state index contributed by atoms with van der Waals surface area (Å²) in [5, 5.41) is 11.5. The molecule has 1 aliphatic heterocycles. The highest BCUT2D eigenvalue weighted by Gasteiger charge is 2.66. The predicted molar refractivity (Wildman–Crippen MR) is 125 cm³/mol. The van der Waals surface area contributed by atoms with Crippen LogP contribution in [0.4, 0.5) is 0 Å². The Balaban J connectivity index is 0.00000205. The zero-order valence-corrected chi connectivity index (χ0v) is 19.2. The zero-order chi connectivity index (χ0) is 19.0. The first kappa shape index (κ1) is 20.7. The third-order valence-electron chi connectivity index (χ3n) is 6.96. The maximum absolute atomic E-state index is 6.02. The van der Waals surface area contributed by atoms with Gasteiger partial charge in [-0.1, -0.05) is 18.6 Å². The number of hydrogen-bond donors (Lipinski definition) is 2. The lowest BCUT2D eigenvalue weighted by molar-refractivity contribution is -0.171. The fraction of sp³-hybridized carbons (Fsp3) is 0.545. The number of nitrogens with zero attached hydrogens (tertiary/aromatic N) is 3. The number of nitrogens with one attached hydrogen (secondary N) is 2. The summed E-state index contributed by atoms with van der Waals surface area (Å²) in [6.07, 6.45) is 10.3. The molecule has 6 nitrogen and oxygen atoms in total. The van der Waals surface area contributed by atoms with Crippen molar-refractivity contribution >= 4 is 29.9 Å². The van der Waals surface area contributed by atoms with Crippen LogP contribution in [0.3, 0.4) is 0 Å². The minimum absolute atomic E-state index is 0. The molecule has 156 valence electrons. The average molecular weight is 507 g/mol. The Morgan fingerprint density at radius 1 is 1.31 bits per heavy atom. The first-order valence-electron chi connectivity index (χ1n) is 10.5. The molecular formula is C22H30IN5O. The molecule has 7 heteroatoms. The summed E-state index contributed by atoms with van der Waals surface area (Å²) in [4.78, 5) is 4.47. The Morgan fingerprint density at radius 3 is 2.79 bits per heavy atom. The molecule has 5 rings (SSSR count). The van der Waals surface area contributed by atoms with Gasteiger partial charge in [-0.3, -0.25) is 4.99 Å². The van der Waals surface area contributed by atoms with Gasteiger partial charge in [0.2, 0.25) is 0 Å². The van der Waals surface area contributed by atoms with E-state index in [1.54, 1.807) is 6.20 Å². The topological polar surface area (TPSA) is 63.5 Å². The number of aliphatic imine (C=N–C) groups is 1. The van der Waals surface area contributed by atoms with E-state index in [1.807, 2.05) is 24.0 Å². The molecule has 3 aliphatic rings. The minimum Gasteiger partial charge on any atom is -0.377 e. The molecule has 3 fully saturated rings. The molecule has 2 aliphatic carbocycles. The van der Waals surface area contributed by atoms with Crippen LogP contribution in [0.25, 0.3) is 5.69 Å². The quantitative estimate of drug-likeness (QED) is 0.371. The number of rotatable bonds is 5. The molecule has 29 heavy (non-hydrogen) atoms. The zero-order valence-electron chi connectivity index (χ0n) is 16.9. The van der Waals surface area contributed by atoms with Crippen molar-refractivity contribution in [2.75, 3.05) is 20.2 Å². The van der Waals surface area contributed by atoms with E-state index in [9.17, 15) is 0 Å². The van der Waals surface area contributed by atoms with Gasteiger partial charge in [0.25, 0.3) is 0 Å². The first-order chi connectivity index (χ1) is 13.8. The second kappa shape index (κ2) is 8.63. The molecule has 0 bridgehead atoms. The normalized spacial score (nSPS) is 26.8. The summed E-state index contributed by atoms with van der Waals surface area (Å²) in [6.45, 7) is 1.79. The van der Waals surface area contributed by atoms with Gasteiger partial charge in [0, 0.05) is 50.0 Å². The third-order valence-corrected chi connectivity index (χ3v) is 6.96. The Bertz CT molecular complexity index is 831. The van der Waals surface area contributed by atoms with Crippen molar-refractivity contribution in [1.29, 1.82) is 0 Å². The molecule has 0 amide bonds. The largest absolute Gasteiger partial charge is 0.377 e. The van der Waals surface area contributed by atoms with Gasteiger partial charge in [-0.2, -0.15) is 5.10 Å². The molecule has 1 spiro atoms. The van der Waals surface area contributed by atoms with Gasteiger partial charge in [0.15, 0.2) is 5.96 Å². The predicted octanol–water partition coefficient (Wildman–Crippen LogP) is 3.16. The molecular weight excluding hydrogens is 477 g/mol. The Hall–Kier alpha value is -1.61. The second-order valence-electron chi connectivity index (χ2n) is 8.32. The number of guanidine groups is 1. The highest BCUT2D eigenvalue weighted by molar-refractivity contribution is 14.0. The summed E-state index contributed by atoms with van der Waals surface area (Å²) in [5.41, 5.74) is 2.77. The van der Waals surface area contributed by atoms with Crippen LogP contribution in [0.5, 0.6) is 0 Å². The van der Waals surface area contributed by atoms with E-state index in [0.29, 0.717) is 23.5 Å². The number of ether oxygens (including phenoxy) is 1. The fourth-order valence-electron chi connectivity index (χ4n) is 5.36. The third kappa shape index (κ3) is 3.67. The summed E-state index contributed by atoms with van der Waals surface area (Å²) in [5.74, 6) is 1.59. The fourth-order valence-corrected chi connectivity index (χ4v) is 5.36. The average Bonchev–Trinajstić information content (AvgIpc) is 3.35. The summed E-state index contributed by atoms with van der Waals surface area (Å²) in [6, 6.07) is 11.0. The molecule has 2 N–H and O–H groups in total. The van der Waals surface area contributed by atoms with Crippen molar-refractivity contribution in [3.8, 4) is 5.69 Å². The van der Waals surface area contributed by atoms with Crippen LogP contribution in [0.2, 0.25) is 0 Å². The summed E-state index contributed by atoms with van der Waals surface area (Å²) < 4.78 is 7.90. The van der Waals surface area contributed by atoms with Crippen LogP contribution < -0.4 is 10.6 Å². The van der Waals surface area contributed by atoms with Crippen LogP contribution in [0.1, 0.15) is 31.2 Å². The van der Waals surface area contributed by atoms with Gasteiger partial charge in [0.05, 0.1) is 11.8 Å². The maximum atomic E-state index is 6.02. The molecule has 2 aromatic rings. The van der Waals surface area contributed by atoms with Gasteiger partial charge in [-0.05, 0) is 49.4 Å². The van der Waals surface area contributed by atoms with E-state index in [4.69, 9.17) is 4.74 Å². The van der Waals surface area contributed by atoms with Gasteiger partial charge in [-0.15, -0.1) is 24.0 Å². The smallest absolute Gasteiger partial charge is 0.191 e. The van der Waals surface area contributed by atoms with E-state index >= 15 is 0 Å². The number of hydrogen-bond acceptors (Lipinski definition) is 3. The molecule has 3 unspecified atom stereocenters.